The molecule has 0 radical (unpaired) electrons. The fraction of sp³-hybridized carbons (Fsp3) is 0.333. The summed E-state index contributed by atoms with van der Waals surface area (Å²) < 4.78 is 20.2. The summed E-state index contributed by atoms with van der Waals surface area (Å²) in [6.45, 7) is 3.45. The molecule has 1 aliphatic heterocycles. The molecule has 1 aromatic heterocycles. The Kier molecular flexibility index (Phi) is 6.41. The number of aromatic hydroxyl groups is 1. The van der Waals surface area contributed by atoms with Crippen molar-refractivity contribution in [3.8, 4) is 11.5 Å². The number of ether oxygens (including phenoxy) is 1. The first kappa shape index (κ1) is 20.9. The largest absolute Gasteiger partial charge is 0.504 e. The Morgan fingerprint density at radius 2 is 1.93 bits per heavy atom. The fourth-order valence-electron chi connectivity index (χ4n) is 3.51. The van der Waals surface area contributed by atoms with Gasteiger partial charge in [-0.15, -0.1) is 0 Å². The number of piperidine rings is 1. The summed E-state index contributed by atoms with van der Waals surface area (Å²) >= 11 is 11.7. The number of phenolic OH excluding ortho intramolecular Hbond substituents is 1. The predicted molar refractivity (Wildman–Crippen MR) is 117 cm³/mol. The van der Waals surface area contributed by atoms with Crippen LogP contribution < -0.4 is 10.1 Å². The van der Waals surface area contributed by atoms with Gasteiger partial charge in [-0.3, -0.25) is 4.90 Å². The lowest BCUT2D eigenvalue weighted by molar-refractivity contribution is 0.181. The van der Waals surface area contributed by atoms with Crippen LogP contribution in [0.4, 0.5) is 15.9 Å². The lowest BCUT2D eigenvalue weighted by Gasteiger charge is -2.26. The number of hydrogen-bond acceptors (Lipinski definition) is 6. The van der Waals surface area contributed by atoms with Crippen LogP contribution in [0, 0.1) is 5.82 Å². The molecule has 2 aromatic carbocycles. The Morgan fingerprint density at radius 3 is 2.73 bits per heavy atom. The number of aromatic nitrogens is 2. The summed E-state index contributed by atoms with van der Waals surface area (Å²) in [5.41, 5.74) is 0.671. The van der Waals surface area contributed by atoms with Gasteiger partial charge in [-0.05, 0) is 44.1 Å². The molecule has 1 fully saturated rings. The molecule has 0 spiro atoms. The molecule has 9 heteroatoms. The van der Waals surface area contributed by atoms with Gasteiger partial charge in [0.25, 0.3) is 0 Å². The molecule has 6 nitrogen and oxygen atoms in total. The highest BCUT2D eigenvalue weighted by molar-refractivity contribution is 6.42. The third kappa shape index (κ3) is 4.53. The second-order valence-electron chi connectivity index (χ2n) is 7.16. The molecular formula is C21H21Cl2FN4O2. The van der Waals surface area contributed by atoms with Crippen LogP contribution in [0.5, 0.6) is 11.5 Å². The highest BCUT2D eigenvalue weighted by Gasteiger charge is 2.15. The molecule has 0 aliphatic carbocycles. The zero-order valence-corrected chi connectivity index (χ0v) is 17.7. The van der Waals surface area contributed by atoms with Crippen molar-refractivity contribution in [2.45, 2.75) is 19.3 Å². The lowest BCUT2D eigenvalue weighted by Crippen LogP contribution is -2.33. The Morgan fingerprint density at radius 1 is 1.13 bits per heavy atom. The van der Waals surface area contributed by atoms with E-state index in [-0.39, 0.29) is 21.5 Å². The molecule has 0 bridgehead atoms. The van der Waals surface area contributed by atoms with Crippen molar-refractivity contribution in [1.82, 2.24) is 14.9 Å². The molecule has 1 saturated heterocycles. The van der Waals surface area contributed by atoms with Crippen molar-refractivity contribution >= 4 is 45.6 Å². The smallest absolute Gasteiger partial charge is 0.166 e. The summed E-state index contributed by atoms with van der Waals surface area (Å²) in [4.78, 5) is 10.8. The van der Waals surface area contributed by atoms with Crippen molar-refractivity contribution in [2.75, 3.05) is 31.6 Å². The molecule has 0 unspecified atom stereocenters. The van der Waals surface area contributed by atoms with Gasteiger partial charge in [0.2, 0.25) is 0 Å². The van der Waals surface area contributed by atoms with Crippen molar-refractivity contribution in [3.05, 3.63) is 46.5 Å². The number of phenols is 1. The molecule has 2 heterocycles. The van der Waals surface area contributed by atoms with E-state index in [4.69, 9.17) is 27.9 Å². The highest BCUT2D eigenvalue weighted by atomic mass is 35.5. The number of nitrogens with one attached hydrogen (secondary N) is 1. The van der Waals surface area contributed by atoms with Crippen LogP contribution in [0.25, 0.3) is 10.9 Å². The third-order valence-electron chi connectivity index (χ3n) is 5.12. The molecule has 30 heavy (non-hydrogen) atoms. The van der Waals surface area contributed by atoms with E-state index >= 15 is 0 Å². The quantitative estimate of drug-likeness (QED) is 0.490. The Balaban J connectivity index is 1.53. The van der Waals surface area contributed by atoms with E-state index in [1.54, 1.807) is 6.07 Å². The van der Waals surface area contributed by atoms with E-state index in [0.29, 0.717) is 29.1 Å². The number of hydrogen-bond donors (Lipinski definition) is 2. The molecule has 2 N–H and O–H groups in total. The van der Waals surface area contributed by atoms with Crippen molar-refractivity contribution < 1.29 is 14.2 Å². The maximum absolute atomic E-state index is 14.4. The normalized spacial score (nSPS) is 14.8. The molecule has 0 atom stereocenters. The summed E-state index contributed by atoms with van der Waals surface area (Å²) in [7, 11) is 0. The van der Waals surface area contributed by atoms with Crippen LogP contribution in [-0.4, -0.2) is 46.2 Å². The minimum Gasteiger partial charge on any atom is -0.504 e. The van der Waals surface area contributed by atoms with Gasteiger partial charge in [0.15, 0.2) is 17.3 Å². The van der Waals surface area contributed by atoms with Crippen molar-refractivity contribution in [2.24, 2.45) is 0 Å². The van der Waals surface area contributed by atoms with Crippen LogP contribution in [0.2, 0.25) is 10.0 Å². The molecule has 4 rings (SSSR count). The Bertz CT molecular complexity index is 1060. The van der Waals surface area contributed by atoms with E-state index in [2.05, 4.69) is 20.2 Å². The van der Waals surface area contributed by atoms with Crippen LogP contribution >= 0.6 is 23.2 Å². The van der Waals surface area contributed by atoms with Crippen LogP contribution in [0.3, 0.4) is 0 Å². The number of fused-ring (bicyclic) bond motifs is 1. The number of rotatable bonds is 6. The third-order valence-corrected chi connectivity index (χ3v) is 5.90. The van der Waals surface area contributed by atoms with Gasteiger partial charge in [-0.2, -0.15) is 0 Å². The minimum atomic E-state index is -0.683. The summed E-state index contributed by atoms with van der Waals surface area (Å²) in [5, 5.41) is 13.8. The fourth-order valence-corrected chi connectivity index (χ4v) is 3.82. The van der Waals surface area contributed by atoms with Crippen LogP contribution in [-0.2, 0) is 0 Å². The number of likely N-dealkylation sites (tertiary alicyclic amines) is 1. The maximum Gasteiger partial charge on any atom is 0.166 e. The lowest BCUT2D eigenvalue weighted by atomic mass is 10.1. The number of benzene rings is 2. The van der Waals surface area contributed by atoms with E-state index in [1.807, 2.05) is 0 Å². The second kappa shape index (κ2) is 9.20. The summed E-state index contributed by atoms with van der Waals surface area (Å²) in [6, 6.07) is 6.11. The Labute approximate surface area is 183 Å². The highest BCUT2D eigenvalue weighted by Crippen LogP contribution is 2.36. The van der Waals surface area contributed by atoms with Gasteiger partial charge in [0, 0.05) is 18.0 Å². The standard InChI is InChI=1S/C21H21Cl2FN4O2/c22-14-4-5-15(20(24)19(14)23)27-21-13-10-17(29)18(11-16(13)25-12-26-21)30-9-8-28-6-2-1-3-7-28/h4-5,10-12,29H,1-3,6-9H2,(H,25,26,27). The van der Waals surface area contributed by atoms with Crippen LogP contribution in [0.15, 0.2) is 30.6 Å². The van der Waals surface area contributed by atoms with Gasteiger partial charge in [0.05, 0.1) is 21.2 Å². The van der Waals surface area contributed by atoms with Gasteiger partial charge in [-0.25, -0.2) is 14.4 Å². The molecule has 158 valence electrons. The maximum atomic E-state index is 14.4. The first-order valence-corrected chi connectivity index (χ1v) is 10.5. The molecular weight excluding hydrogens is 430 g/mol. The average Bonchev–Trinajstić information content (AvgIpc) is 2.76. The first-order valence-electron chi connectivity index (χ1n) is 9.76. The van der Waals surface area contributed by atoms with E-state index < -0.39 is 5.82 Å². The zero-order chi connectivity index (χ0) is 21.1. The average molecular weight is 451 g/mol. The van der Waals surface area contributed by atoms with E-state index in [0.717, 1.165) is 19.6 Å². The van der Waals surface area contributed by atoms with Gasteiger partial charge in [-0.1, -0.05) is 29.6 Å². The minimum absolute atomic E-state index is 0.0337. The van der Waals surface area contributed by atoms with E-state index in [1.165, 1.54) is 43.8 Å². The SMILES string of the molecule is Oc1cc2c(Nc3ccc(Cl)c(Cl)c3F)ncnc2cc1OCCN1CCCCC1. The summed E-state index contributed by atoms with van der Waals surface area (Å²) in [5.74, 6) is -0.0382. The predicted octanol–water partition coefficient (Wildman–Crippen LogP) is 5.39. The van der Waals surface area contributed by atoms with Crippen molar-refractivity contribution in [1.29, 1.82) is 0 Å². The molecule has 3 aromatic rings. The van der Waals surface area contributed by atoms with Crippen LogP contribution in [0.1, 0.15) is 19.3 Å². The number of halogens is 3. The Hall–Kier alpha value is -2.35. The van der Waals surface area contributed by atoms with Gasteiger partial charge >= 0.3 is 0 Å². The van der Waals surface area contributed by atoms with Gasteiger partial charge in [0.1, 0.15) is 18.8 Å². The molecule has 0 amide bonds. The van der Waals surface area contributed by atoms with Gasteiger partial charge < -0.3 is 15.2 Å². The topological polar surface area (TPSA) is 70.5 Å². The zero-order valence-electron chi connectivity index (χ0n) is 16.2. The molecule has 0 saturated carbocycles. The van der Waals surface area contributed by atoms with E-state index in [9.17, 15) is 9.50 Å². The first-order chi connectivity index (χ1) is 14.5. The molecule has 1 aliphatic rings. The monoisotopic (exact) mass is 450 g/mol. The number of anilines is 2. The number of nitrogens with zero attached hydrogens (tertiary/aromatic N) is 3. The summed E-state index contributed by atoms with van der Waals surface area (Å²) in [6.07, 6.45) is 5.07. The van der Waals surface area contributed by atoms with Crippen molar-refractivity contribution in [3.63, 3.8) is 0 Å². The second-order valence-corrected chi connectivity index (χ2v) is 7.94.